The van der Waals surface area contributed by atoms with E-state index in [-0.39, 0.29) is 29.9 Å². The first kappa shape index (κ1) is 25.0. The Morgan fingerprint density at radius 3 is 2.58 bits per heavy atom. The van der Waals surface area contributed by atoms with Gasteiger partial charge in [0.1, 0.15) is 5.82 Å². The highest BCUT2D eigenvalue weighted by Crippen LogP contribution is 2.31. The van der Waals surface area contributed by atoms with Crippen molar-refractivity contribution in [2.75, 3.05) is 26.0 Å². The van der Waals surface area contributed by atoms with E-state index in [1.165, 1.54) is 29.6 Å². The van der Waals surface area contributed by atoms with Crippen molar-refractivity contribution in [2.45, 2.75) is 25.2 Å². The smallest absolute Gasteiger partial charge is 0.309 e. The van der Waals surface area contributed by atoms with Gasteiger partial charge in [0.2, 0.25) is 10.0 Å². The minimum atomic E-state index is -3.31. The summed E-state index contributed by atoms with van der Waals surface area (Å²) in [6, 6.07) is 13.4. The molecule has 0 N–H and O–H groups in total. The van der Waals surface area contributed by atoms with E-state index in [0.717, 1.165) is 24.0 Å². The van der Waals surface area contributed by atoms with Crippen LogP contribution in [0.2, 0.25) is 5.02 Å². The molecule has 2 aromatic carbocycles. The van der Waals surface area contributed by atoms with Gasteiger partial charge >= 0.3 is 5.97 Å². The first-order chi connectivity index (χ1) is 14.7. The number of benzene rings is 2. The molecule has 1 saturated heterocycles. The zero-order valence-corrected chi connectivity index (χ0v) is 19.0. The van der Waals surface area contributed by atoms with Crippen molar-refractivity contribution in [3.63, 3.8) is 0 Å². The van der Waals surface area contributed by atoms with Crippen molar-refractivity contribution in [3.05, 3.63) is 83.2 Å². The Morgan fingerprint density at radius 1 is 1.29 bits per heavy atom. The van der Waals surface area contributed by atoms with Crippen molar-refractivity contribution in [3.8, 4) is 0 Å². The van der Waals surface area contributed by atoms with E-state index < -0.39 is 10.0 Å². The Balaban J connectivity index is 0.000000412. The van der Waals surface area contributed by atoms with Gasteiger partial charge < -0.3 is 4.74 Å². The summed E-state index contributed by atoms with van der Waals surface area (Å²) in [5.74, 6) is -0.499. The molecule has 0 amide bonds. The summed E-state index contributed by atoms with van der Waals surface area (Å²) in [7, 11) is -1.96. The van der Waals surface area contributed by atoms with Gasteiger partial charge in [0.15, 0.2) is 0 Å². The SMILES string of the molecule is C=CCS(=O)(=O)N1CCCC(c2cc(Cl)cc(CC(=O)OC)c2)C1.Fc1ccccc1. The van der Waals surface area contributed by atoms with Crippen molar-refractivity contribution >= 4 is 27.6 Å². The highest BCUT2D eigenvalue weighted by atomic mass is 35.5. The van der Waals surface area contributed by atoms with Crippen LogP contribution in [-0.4, -0.2) is 44.6 Å². The minimum Gasteiger partial charge on any atom is -0.469 e. The molecule has 168 valence electrons. The molecule has 31 heavy (non-hydrogen) atoms. The van der Waals surface area contributed by atoms with Gasteiger partial charge in [-0.15, -0.1) is 6.58 Å². The lowest BCUT2D eigenvalue weighted by molar-refractivity contribution is -0.139. The molecular weight excluding hydrogens is 441 g/mol. The average Bonchev–Trinajstić information content (AvgIpc) is 2.74. The van der Waals surface area contributed by atoms with E-state index in [4.69, 9.17) is 11.6 Å². The Hall–Kier alpha value is -2.22. The Labute approximate surface area is 188 Å². The van der Waals surface area contributed by atoms with Gasteiger partial charge in [-0.05, 0) is 54.2 Å². The lowest BCUT2D eigenvalue weighted by atomic mass is 9.90. The number of nitrogens with zero attached hydrogens (tertiary/aromatic N) is 1. The average molecular weight is 468 g/mol. The van der Waals surface area contributed by atoms with Crippen molar-refractivity contribution in [2.24, 2.45) is 0 Å². The second kappa shape index (κ2) is 12.0. The minimum absolute atomic E-state index is 0.0527. The third kappa shape index (κ3) is 8.09. The van der Waals surface area contributed by atoms with Crippen LogP contribution in [-0.2, 0) is 26.0 Å². The summed E-state index contributed by atoms with van der Waals surface area (Å²) in [5.41, 5.74) is 1.73. The van der Waals surface area contributed by atoms with Gasteiger partial charge in [0.05, 0.1) is 19.3 Å². The fourth-order valence-corrected chi connectivity index (χ4v) is 4.98. The molecule has 1 fully saturated rings. The second-order valence-corrected chi connectivity index (χ2v) is 9.66. The Bertz CT molecular complexity index is 982. The number of ether oxygens (including phenoxy) is 1. The van der Waals surface area contributed by atoms with Gasteiger partial charge in [-0.2, -0.15) is 0 Å². The number of methoxy groups -OCH3 is 1. The maximum atomic E-state index is 12.2. The van der Waals surface area contributed by atoms with Crippen molar-refractivity contribution in [1.82, 2.24) is 4.31 Å². The van der Waals surface area contributed by atoms with E-state index in [0.29, 0.717) is 18.1 Å². The van der Waals surface area contributed by atoms with Gasteiger partial charge in [0, 0.05) is 18.1 Å². The van der Waals surface area contributed by atoms with Crippen LogP contribution in [0.1, 0.15) is 29.9 Å². The summed E-state index contributed by atoms with van der Waals surface area (Å²) >= 11 is 6.17. The van der Waals surface area contributed by atoms with Gasteiger partial charge in [-0.1, -0.05) is 41.9 Å². The van der Waals surface area contributed by atoms with Crippen LogP contribution < -0.4 is 0 Å². The molecule has 5 nitrogen and oxygen atoms in total. The first-order valence-electron chi connectivity index (χ1n) is 9.90. The van der Waals surface area contributed by atoms with E-state index in [1.807, 2.05) is 12.1 Å². The predicted molar refractivity (Wildman–Crippen MR) is 121 cm³/mol. The molecule has 0 radical (unpaired) electrons. The monoisotopic (exact) mass is 467 g/mol. The van der Waals surface area contributed by atoms with Crippen molar-refractivity contribution < 1.29 is 22.3 Å². The van der Waals surface area contributed by atoms with Crippen LogP contribution in [0.15, 0.2) is 61.2 Å². The molecular formula is C23H27ClFNO4S. The first-order valence-corrected chi connectivity index (χ1v) is 11.9. The zero-order chi connectivity index (χ0) is 22.9. The highest BCUT2D eigenvalue weighted by Gasteiger charge is 2.29. The number of carbonyl (C=O) groups is 1. The number of piperidine rings is 1. The third-order valence-corrected chi connectivity index (χ3v) is 6.86. The number of hydrogen-bond donors (Lipinski definition) is 0. The zero-order valence-electron chi connectivity index (χ0n) is 17.5. The molecule has 0 aromatic heterocycles. The van der Waals surface area contributed by atoms with Crippen LogP contribution in [0.4, 0.5) is 4.39 Å². The maximum Gasteiger partial charge on any atom is 0.309 e. The summed E-state index contributed by atoms with van der Waals surface area (Å²) in [5, 5.41) is 0.539. The van der Waals surface area contributed by atoms with Crippen molar-refractivity contribution in [1.29, 1.82) is 0 Å². The molecule has 8 heteroatoms. The van der Waals surface area contributed by atoms with Crippen LogP contribution >= 0.6 is 11.6 Å². The van der Waals surface area contributed by atoms with E-state index in [1.54, 1.807) is 24.3 Å². The lowest BCUT2D eigenvalue weighted by Gasteiger charge is -2.32. The van der Waals surface area contributed by atoms with Gasteiger partial charge in [0.25, 0.3) is 0 Å². The van der Waals surface area contributed by atoms with E-state index >= 15 is 0 Å². The number of sulfonamides is 1. The number of hydrogen-bond acceptors (Lipinski definition) is 4. The highest BCUT2D eigenvalue weighted by molar-refractivity contribution is 7.89. The van der Waals surface area contributed by atoms with Gasteiger partial charge in [-0.3, -0.25) is 4.79 Å². The Morgan fingerprint density at radius 2 is 2.00 bits per heavy atom. The van der Waals surface area contributed by atoms with Crippen LogP contribution in [0.25, 0.3) is 0 Å². The van der Waals surface area contributed by atoms with Crippen LogP contribution in [0, 0.1) is 5.82 Å². The standard InChI is InChI=1S/C17H22ClNO4S.C6H5F/c1-3-7-24(21,22)19-6-4-5-14(12-19)15-8-13(9-16(18)11-15)10-17(20)23-2;7-6-4-2-1-3-5-6/h3,8-9,11,14H,1,4-7,10,12H2,2H3;1-5H. The van der Waals surface area contributed by atoms with E-state index in [9.17, 15) is 17.6 Å². The molecule has 1 heterocycles. The third-order valence-electron chi connectivity index (χ3n) is 4.87. The van der Waals surface area contributed by atoms with Crippen LogP contribution in [0.5, 0.6) is 0 Å². The molecule has 3 rings (SSSR count). The number of carbonyl (C=O) groups excluding carboxylic acids is 1. The summed E-state index contributed by atoms with van der Waals surface area (Å²) in [4.78, 5) is 11.5. The summed E-state index contributed by atoms with van der Waals surface area (Å²) in [6.07, 6.45) is 3.24. The maximum absolute atomic E-state index is 12.2. The molecule has 0 saturated carbocycles. The molecule has 1 aliphatic rings. The number of rotatable bonds is 6. The lowest BCUT2D eigenvalue weighted by Crippen LogP contribution is -2.40. The van der Waals surface area contributed by atoms with Gasteiger partial charge in [-0.25, -0.2) is 17.1 Å². The quantitative estimate of drug-likeness (QED) is 0.461. The predicted octanol–water partition coefficient (Wildman–Crippen LogP) is 4.58. The number of esters is 1. The molecule has 1 atom stereocenters. The molecule has 1 aliphatic heterocycles. The molecule has 2 aromatic rings. The molecule has 0 bridgehead atoms. The van der Waals surface area contributed by atoms with Crippen LogP contribution in [0.3, 0.4) is 0 Å². The molecule has 0 aliphatic carbocycles. The summed E-state index contributed by atoms with van der Waals surface area (Å²) < 4.78 is 42.6. The van der Waals surface area contributed by atoms with E-state index in [2.05, 4.69) is 11.3 Å². The molecule has 1 unspecified atom stereocenters. The summed E-state index contributed by atoms with van der Waals surface area (Å²) in [6.45, 7) is 4.46. The second-order valence-electron chi connectivity index (χ2n) is 7.21. The normalized spacial score (nSPS) is 16.7. The number of halogens is 2. The Kier molecular flexibility index (Phi) is 9.68. The fraction of sp³-hybridized carbons (Fsp3) is 0.348. The topological polar surface area (TPSA) is 63.7 Å². The fourth-order valence-electron chi connectivity index (χ4n) is 3.39. The molecule has 0 spiro atoms. The largest absolute Gasteiger partial charge is 0.469 e.